The lowest BCUT2D eigenvalue weighted by molar-refractivity contribution is 0.0729. The van der Waals surface area contributed by atoms with Gasteiger partial charge in [-0.1, -0.05) is 0 Å². The maximum absolute atomic E-state index is 13.2. The summed E-state index contributed by atoms with van der Waals surface area (Å²) in [4.78, 5) is 18.3. The van der Waals surface area contributed by atoms with Gasteiger partial charge in [0, 0.05) is 23.2 Å². The van der Waals surface area contributed by atoms with Crippen LogP contribution in [0.5, 0.6) is 0 Å². The molecular weight excluding hydrogens is 282 g/mol. The predicted octanol–water partition coefficient (Wildman–Crippen LogP) is 3.23. The van der Waals surface area contributed by atoms with E-state index in [0.717, 1.165) is 30.0 Å². The first-order valence-electron chi connectivity index (χ1n) is 6.29. The highest BCUT2D eigenvalue weighted by molar-refractivity contribution is 7.09. The Morgan fingerprint density at radius 1 is 1.35 bits per heavy atom. The molecule has 6 heteroatoms. The number of halogens is 2. The number of thiazole rings is 1. The van der Waals surface area contributed by atoms with Crippen LogP contribution in [0.4, 0.5) is 8.78 Å². The van der Waals surface area contributed by atoms with Crippen LogP contribution in [0.1, 0.15) is 28.2 Å². The molecule has 0 aliphatic heterocycles. The fourth-order valence-electron chi connectivity index (χ4n) is 2.02. The standard InChI is InChI=1S/C14H12F2N2OS/c15-11-4-1-9(7-12(11)16)14(19)18(10-2-3-10)8-13-17-5-6-20-13/h1,4-7,10H,2-3,8H2. The molecule has 1 amide bonds. The van der Waals surface area contributed by atoms with Gasteiger partial charge in [0.15, 0.2) is 11.6 Å². The van der Waals surface area contributed by atoms with Crippen molar-refractivity contribution in [1.82, 2.24) is 9.88 Å². The van der Waals surface area contributed by atoms with Crippen molar-refractivity contribution in [2.24, 2.45) is 0 Å². The molecule has 1 aliphatic carbocycles. The molecule has 3 rings (SSSR count). The van der Waals surface area contributed by atoms with Crippen LogP contribution in [0.2, 0.25) is 0 Å². The quantitative estimate of drug-likeness (QED) is 0.867. The minimum absolute atomic E-state index is 0.173. The third-order valence-corrected chi connectivity index (χ3v) is 3.97. The van der Waals surface area contributed by atoms with Gasteiger partial charge in [-0.3, -0.25) is 4.79 Å². The maximum Gasteiger partial charge on any atom is 0.254 e. The molecule has 0 spiro atoms. The molecule has 1 saturated carbocycles. The highest BCUT2D eigenvalue weighted by Gasteiger charge is 2.33. The normalized spacial score (nSPS) is 14.3. The molecule has 3 nitrogen and oxygen atoms in total. The van der Waals surface area contributed by atoms with Gasteiger partial charge in [0.1, 0.15) is 5.01 Å². The molecular formula is C14H12F2N2OS. The van der Waals surface area contributed by atoms with Crippen LogP contribution < -0.4 is 0 Å². The van der Waals surface area contributed by atoms with Crippen LogP contribution in [0, 0.1) is 11.6 Å². The Morgan fingerprint density at radius 2 is 2.15 bits per heavy atom. The second kappa shape index (κ2) is 5.28. The Balaban J connectivity index is 1.83. The molecule has 20 heavy (non-hydrogen) atoms. The lowest BCUT2D eigenvalue weighted by atomic mass is 10.2. The Labute approximate surface area is 118 Å². The predicted molar refractivity (Wildman–Crippen MR) is 71.4 cm³/mol. The highest BCUT2D eigenvalue weighted by Crippen LogP contribution is 2.30. The highest BCUT2D eigenvalue weighted by atomic mass is 32.1. The van der Waals surface area contributed by atoms with E-state index >= 15 is 0 Å². The van der Waals surface area contributed by atoms with Crippen molar-refractivity contribution in [3.05, 3.63) is 52.0 Å². The molecule has 1 aliphatic rings. The lowest BCUT2D eigenvalue weighted by Crippen LogP contribution is -2.32. The van der Waals surface area contributed by atoms with Gasteiger partial charge in [-0.05, 0) is 31.0 Å². The molecule has 1 aromatic heterocycles. The number of benzene rings is 1. The van der Waals surface area contributed by atoms with Crippen molar-refractivity contribution >= 4 is 17.2 Å². The number of nitrogens with zero attached hydrogens (tertiary/aromatic N) is 2. The fourth-order valence-corrected chi connectivity index (χ4v) is 2.64. The zero-order valence-electron chi connectivity index (χ0n) is 10.6. The van der Waals surface area contributed by atoms with Gasteiger partial charge in [-0.2, -0.15) is 0 Å². The molecule has 1 fully saturated rings. The van der Waals surface area contributed by atoms with Gasteiger partial charge >= 0.3 is 0 Å². The lowest BCUT2D eigenvalue weighted by Gasteiger charge is -2.21. The summed E-state index contributed by atoms with van der Waals surface area (Å²) in [6.45, 7) is 0.417. The van der Waals surface area contributed by atoms with Gasteiger partial charge in [0.05, 0.1) is 6.54 Å². The molecule has 0 N–H and O–H groups in total. The summed E-state index contributed by atoms with van der Waals surface area (Å²) in [7, 11) is 0. The molecule has 0 radical (unpaired) electrons. The molecule has 0 saturated heterocycles. The number of aromatic nitrogens is 1. The van der Waals surface area contributed by atoms with Crippen molar-refractivity contribution in [3.8, 4) is 0 Å². The Bertz CT molecular complexity index is 626. The van der Waals surface area contributed by atoms with E-state index in [1.54, 1.807) is 11.1 Å². The van der Waals surface area contributed by atoms with Gasteiger partial charge in [0.25, 0.3) is 5.91 Å². The summed E-state index contributed by atoms with van der Waals surface area (Å²) in [5, 5.41) is 2.69. The van der Waals surface area contributed by atoms with Gasteiger partial charge in [0.2, 0.25) is 0 Å². The van der Waals surface area contributed by atoms with E-state index in [2.05, 4.69) is 4.98 Å². The van der Waals surface area contributed by atoms with E-state index in [-0.39, 0.29) is 17.5 Å². The van der Waals surface area contributed by atoms with Crippen molar-refractivity contribution in [3.63, 3.8) is 0 Å². The molecule has 0 atom stereocenters. The summed E-state index contributed by atoms with van der Waals surface area (Å²) < 4.78 is 26.2. The minimum atomic E-state index is -0.999. The van der Waals surface area contributed by atoms with E-state index in [1.807, 2.05) is 5.38 Å². The smallest absolute Gasteiger partial charge is 0.254 e. The van der Waals surface area contributed by atoms with Crippen LogP contribution >= 0.6 is 11.3 Å². The van der Waals surface area contributed by atoms with E-state index in [9.17, 15) is 13.6 Å². The van der Waals surface area contributed by atoms with Crippen LogP contribution in [-0.4, -0.2) is 21.8 Å². The summed E-state index contributed by atoms with van der Waals surface area (Å²) in [5.74, 6) is -2.22. The molecule has 2 aromatic rings. The van der Waals surface area contributed by atoms with Crippen molar-refractivity contribution in [2.75, 3.05) is 0 Å². The minimum Gasteiger partial charge on any atom is -0.329 e. The SMILES string of the molecule is O=C(c1ccc(F)c(F)c1)N(Cc1nccs1)C1CC1. The summed E-state index contributed by atoms with van der Waals surface area (Å²) in [6.07, 6.45) is 3.58. The van der Waals surface area contributed by atoms with Crippen LogP contribution in [0.25, 0.3) is 0 Å². The largest absolute Gasteiger partial charge is 0.329 e. The number of carbonyl (C=O) groups excluding carboxylic acids is 1. The van der Waals surface area contributed by atoms with Crippen LogP contribution in [0.15, 0.2) is 29.8 Å². The third kappa shape index (κ3) is 2.70. The monoisotopic (exact) mass is 294 g/mol. The molecule has 0 unspecified atom stereocenters. The average Bonchev–Trinajstić information content (AvgIpc) is 3.15. The number of rotatable bonds is 4. The molecule has 1 heterocycles. The van der Waals surface area contributed by atoms with E-state index in [4.69, 9.17) is 0 Å². The summed E-state index contributed by atoms with van der Waals surface area (Å²) >= 11 is 1.48. The second-order valence-corrected chi connectivity index (χ2v) is 5.70. The van der Waals surface area contributed by atoms with Gasteiger partial charge in [-0.25, -0.2) is 13.8 Å². The number of carbonyl (C=O) groups is 1. The number of hydrogen-bond acceptors (Lipinski definition) is 3. The Morgan fingerprint density at radius 3 is 2.75 bits per heavy atom. The number of amides is 1. The Hall–Kier alpha value is -1.82. The number of hydrogen-bond donors (Lipinski definition) is 0. The van der Waals surface area contributed by atoms with E-state index in [0.29, 0.717) is 6.54 Å². The van der Waals surface area contributed by atoms with Crippen LogP contribution in [0.3, 0.4) is 0 Å². The molecule has 0 bridgehead atoms. The van der Waals surface area contributed by atoms with E-state index < -0.39 is 11.6 Å². The first-order valence-corrected chi connectivity index (χ1v) is 7.17. The summed E-state index contributed by atoms with van der Waals surface area (Å²) in [5.41, 5.74) is 0.173. The summed E-state index contributed by atoms with van der Waals surface area (Å²) in [6, 6.07) is 3.43. The fraction of sp³-hybridized carbons (Fsp3) is 0.286. The van der Waals surface area contributed by atoms with Crippen molar-refractivity contribution in [1.29, 1.82) is 0 Å². The van der Waals surface area contributed by atoms with Crippen molar-refractivity contribution < 1.29 is 13.6 Å². The van der Waals surface area contributed by atoms with Crippen molar-refractivity contribution in [2.45, 2.75) is 25.4 Å². The molecule has 1 aromatic carbocycles. The molecule has 104 valence electrons. The first kappa shape index (κ1) is 13.2. The van der Waals surface area contributed by atoms with E-state index in [1.165, 1.54) is 17.4 Å². The zero-order chi connectivity index (χ0) is 14.1. The first-order chi connectivity index (χ1) is 9.65. The van der Waals surface area contributed by atoms with Crippen LogP contribution in [-0.2, 0) is 6.54 Å². The third-order valence-electron chi connectivity index (χ3n) is 3.20. The zero-order valence-corrected chi connectivity index (χ0v) is 11.4. The second-order valence-electron chi connectivity index (χ2n) is 4.72. The Kier molecular flexibility index (Phi) is 3.48. The van der Waals surface area contributed by atoms with Gasteiger partial charge in [-0.15, -0.1) is 11.3 Å². The maximum atomic E-state index is 13.2. The van der Waals surface area contributed by atoms with Gasteiger partial charge < -0.3 is 4.90 Å². The topological polar surface area (TPSA) is 33.2 Å². The average molecular weight is 294 g/mol.